The van der Waals surface area contributed by atoms with Crippen LogP contribution >= 0.6 is 0 Å². The Balaban J connectivity index is 3.34. The molecule has 15 heavy (non-hydrogen) atoms. The van der Waals surface area contributed by atoms with Crippen LogP contribution in [0.3, 0.4) is 0 Å². The van der Waals surface area contributed by atoms with E-state index in [1.165, 1.54) is 19.3 Å². The first-order valence-electron chi connectivity index (χ1n) is 5.96. The number of hydrogen-bond acceptors (Lipinski definition) is 2. The lowest BCUT2D eigenvalue weighted by Gasteiger charge is -2.17. The summed E-state index contributed by atoms with van der Waals surface area (Å²) in [5.74, 6) is -0.0803. The predicted molar refractivity (Wildman–Crippen MR) is 63.5 cm³/mol. The Morgan fingerprint density at radius 1 is 1.20 bits per heavy atom. The van der Waals surface area contributed by atoms with Crippen LogP contribution < -0.4 is 0 Å². The second-order valence-electron chi connectivity index (χ2n) is 4.99. The highest BCUT2D eigenvalue weighted by Crippen LogP contribution is 2.13. The summed E-state index contributed by atoms with van der Waals surface area (Å²) in [6.45, 7) is 10.4. The molecule has 0 bridgehead atoms. The Kier molecular flexibility index (Phi) is 7.45. The summed E-state index contributed by atoms with van der Waals surface area (Å²) in [5.41, 5.74) is -0.169. The summed E-state index contributed by atoms with van der Waals surface area (Å²) in [6.07, 6.45) is 6.37. The van der Waals surface area contributed by atoms with Gasteiger partial charge >= 0.3 is 5.97 Å². The molecule has 0 spiro atoms. The molecule has 0 amide bonds. The zero-order valence-electron chi connectivity index (χ0n) is 10.5. The zero-order chi connectivity index (χ0) is 11.7. The first-order valence-corrected chi connectivity index (χ1v) is 5.96. The number of rotatable bonds is 8. The number of carbonyl (C=O) groups excluding carboxylic acids is 1. The molecule has 0 aliphatic carbocycles. The summed E-state index contributed by atoms with van der Waals surface area (Å²) in [4.78, 5) is 11.3. The lowest BCUT2D eigenvalue weighted by molar-refractivity contribution is -0.146. The highest BCUT2D eigenvalue weighted by atomic mass is 16.5. The maximum atomic E-state index is 11.3. The van der Waals surface area contributed by atoms with Gasteiger partial charge in [-0.25, -0.2) is 0 Å². The van der Waals surface area contributed by atoms with E-state index in [2.05, 4.69) is 13.8 Å². The molecule has 0 heterocycles. The average Bonchev–Trinajstić information content (AvgIpc) is 2.13. The monoisotopic (exact) mass is 213 g/mol. The van der Waals surface area contributed by atoms with Crippen molar-refractivity contribution in [3.8, 4) is 0 Å². The molecular formula is C13H25O2. The second kappa shape index (κ2) is 7.72. The van der Waals surface area contributed by atoms with Crippen LogP contribution in [0.5, 0.6) is 0 Å². The van der Waals surface area contributed by atoms with Gasteiger partial charge in [0, 0.05) is 6.42 Å². The van der Waals surface area contributed by atoms with E-state index in [-0.39, 0.29) is 11.4 Å². The van der Waals surface area contributed by atoms with Crippen molar-refractivity contribution < 1.29 is 9.53 Å². The molecule has 2 nitrogen and oxygen atoms in total. The lowest BCUT2D eigenvalue weighted by atomic mass is 9.99. The van der Waals surface area contributed by atoms with E-state index in [1.54, 1.807) is 0 Å². The van der Waals surface area contributed by atoms with Gasteiger partial charge in [-0.05, 0) is 18.8 Å². The van der Waals surface area contributed by atoms with Gasteiger partial charge in [0.05, 0.1) is 6.61 Å². The molecule has 0 fully saturated rings. The summed E-state index contributed by atoms with van der Waals surface area (Å²) in [6, 6.07) is 0. The standard InChI is InChI=1S/C13H25O2/c1-5-6-7-8-9-10-12(14)15-11-13(2,3)4/h2,5-11H2,1,3-4H3. The Hall–Kier alpha value is -0.530. The van der Waals surface area contributed by atoms with E-state index in [1.807, 2.05) is 13.8 Å². The van der Waals surface area contributed by atoms with Crippen LogP contribution in [0.15, 0.2) is 0 Å². The van der Waals surface area contributed by atoms with Crippen LogP contribution in [0.4, 0.5) is 0 Å². The third kappa shape index (κ3) is 11.4. The smallest absolute Gasteiger partial charge is 0.305 e. The van der Waals surface area contributed by atoms with Crippen LogP contribution in [-0.2, 0) is 9.53 Å². The predicted octanol–water partition coefficient (Wildman–Crippen LogP) is 3.75. The van der Waals surface area contributed by atoms with Crippen molar-refractivity contribution in [3.63, 3.8) is 0 Å². The van der Waals surface area contributed by atoms with Gasteiger partial charge in [-0.2, -0.15) is 0 Å². The molecular weight excluding hydrogens is 188 g/mol. The van der Waals surface area contributed by atoms with Crippen LogP contribution in [0.25, 0.3) is 0 Å². The maximum Gasteiger partial charge on any atom is 0.305 e. The van der Waals surface area contributed by atoms with E-state index < -0.39 is 0 Å². The molecule has 0 aromatic heterocycles. The Morgan fingerprint density at radius 3 is 2.33 bits per heavy atom. The number of esters is 1. The van der Waals surface area contributed by atoms with Crippen molar-refractivity contribution in [2.24, 2.45) is 5.41 Å². The van der Waals surface area contributed by atoms with Gasteiger partial charge in [0.25, 0.3) is 0 Å². The van der Waals surface area contributed by atoms with Crippen molar-refractivity contribution >= 4 is 5.97 Å². The van der Waals surface area contributed by atoms with Crippen LogP contribution in [-0.4, -0.2) is 12.6 Å². The molecule has 0 aromatic carbocycles. The van der Waals surface area contributed by atoms with Gasteiger partial charge < -0.3 is 4.74 Å². The molecule has 89 valence electrons. The van der Waals surface area contributed by atoms with E-state index in [0.717, 1.165) is 12.8 Å². The molecule has 0 saturated carbocycles. The molecule has 0 saturated heterocycles. The highest BCUT2D eigenvalue weighted by molar-refractivity contribution is 5.69. The molecule has 2 heteroatoms. The third-order valence-electron chi connectivity index (χ3n) is 2.11. The quantitative estimate of drug-likeness (QED) is 0.453. The van der Waals surface area contributed by atoms with Gasteiger partial charge in [-0.15, -0.1) is 0 Å². The third-order valence-corrected chi connectivity index (χ3v) is 2.11. The minimum Gasteiger partial charge on any atom is -0.465 e. The number of ether oxygens (including phenoxy) is 1. The van der Waals surface area contributed by atoms with Gasteiger partial charge in [0.2, 0.25) is 0 Å². The Morgan fingerprint density at radius 2 is 1.80 bits per heavy atom. The van der Waals surface area contributed by atoms with Crippen molar-refractivity contribution in [2.75, 3.05) is 6.61 Å². The SMILES string of the molecule is [CH2]C(C)(C)COC(=O)CCCCCCC. The summed E-state index contributed by atoms with van der Waals surface area (Å²) in [5, 5.41) is 0. The van der Waals surface area contributed by atoms with Crippen molar-refractivity contribution in [1.29, 1.82) is 0 Å². The molecule has 1 radical (unpaired) electrons. The van der Waals surface area contributed by atoms with Gasteiger partial charge in [0.1, 0.15) is 0 Å². The van der Waals surface area contributed by atoms with Crippen LogP contribution in [0.1, 0.15) is 59.3 Å². The first kappa shape index (κ1) is 14.5. The Labute approximate surface area is 94.4 Å². The molecule has 0 rings (SSSR count). The topological polar surface area (TPSA) is 26.3 Å². The molecule has 0 atom stereocenters. The zero-order valence-corrected chi connectivity index (χ0v) is 10.5. The van der Waals surface area contributed by atoms with E-state index in [4.69, 9.17) is 4.74 Å². The fourth-order valence-corrected chi connectivity index (χ4v) is 1.22. The lowest BCUT2D eigenvalue weighted by Crippen LogP contribution is -2.18. The largest absolute Gasteiger partial charge is 0.465 e. The fraction of sp³-hybridized carbons (Fsp3) is 0.846. The number of carbonyl (C=O) groups is 1. The minimum atomic E-state index is -0.169. The summed E-state index contributed by atoms with van der Waals surface area (Å²) >= 11 is 0. The highest BCUT2D eigenvalue weighted by Gasteiger charge is 2.13. The van der Waals surface area contributed by atoms with Gasteiger partial charge in [-0.3, -0.25) is 4.79 Å². The summed E-state index contributed by atoms with van der Waals surface area (Å²) in [7, 11) is 0. The molecule has 0 aliphatic heterocycles. The molecule has 0 aliphatic rings. The van der Waals surface area contributed by atoms with E-state index in [0.29, 0.717) is 13.0 Å². The second-order valence-corrected chi connectivity index (χ2v) is 4.99. The van der Waals surface area contributed by atoms with Crippen molar-refractivity contribution in [3.05, 3.63) is 6.92 Å². The van der Waals surface area contributed by atoms with Crippen LogP contribution in [0.2, 0.25) is 0 Å². The molecule has 0 aromatic rings. The maximum absolute atomic E-state index is 11.3. The normalized spacial score (nSPS) is 11.5. The molecule has 0 unspecified atom stereocenters. The van der Waals surface area contributed by atoms with E-state index in [9.17, 15) is 4.79 Å². The van der Waals surface area contributed by atoms with Crippen molar-refractivity contribution in [2.45, 2.75) is 59.3 Å². The molecule has 0 N–H and O–H groups in total. The van der Waals surface area contributed by atoms with Crippen LogP contribution in [0, 0.1) is 12.3 Å². The Bertz CT molecular complexity index is 168. The summed E-state index contributed by atoms with van der Waals surface area (Å²) < 4.78 is 5.11. The fourth-order valence-electron chi connectivity index (χ4n) is 1.22. The van der Waals surface area contributed by atoms with E-state index >= 15 is 0 Å². The number of hydrogen-bond donors (Lipinski definition) is 0. The number of unbranched alkanes of at least 4 members (excludes halogenated alkanes) is 4. The van der Waals surface area contributed by atoms with Gasteiger partial charge in [-0.1, -0.05) is 46.5 Å². The minimum absolute atomic E-state index is 0.0803. The van der Waals surface area contributed by atoms with Gasteiger partial charge in [0.15, 0.2) is 0 Å². The average molecular weight is 213 g/mol. The van der Waals surface area contributed by atoms with Crippen molar-refractivity contribution in [1.82, 2.24) is 0 Å². The first-order chi connectivity index (χ1) is 6.95.